The third-order valence-electron chi connectivity index (χ3n) is 16.1. The first-order chi connectivity index (χ1) is 28.6. The van der Waals surface area contributed by atoms with Crippen LogP contribution < -0.4 is 16.4 Å². The smallest absolute Gasteiger partial charge is 0.150 e. The fourth-order valence-electron chi connectivity index (χ4n) is 12.5. The predicted octanol–water partition coefficient (Wildman–Crippen LogP) is 5.82. The molecule has 4 aliphatic carbocycles. The molecule has 5 fully saturated rings. The maximum atomic E-state index is 13.9. The summed E-state index contributed by atoms with van der Waals surface area (Å²) in [4.78, 5) is 25.9. The van der Waals surface area contributed by atoms with Gasteiger partial charge in [0, 0.05) is 44.9 Å². The molecule has 334 valence electrons. The summed E-state index contributed by atoms with van der Waals surface area (Å²) in [5.41, 5.74) is 6.37. The van der Waals surface area contributed by atoms with Crippen molar-refractivity contribution in [3.63, 3.8) is 0 Å². The maximum absolute atomic E-state index is 13.9. The number of Topliss-reactive ketones (excluding diaryl/α,β-unsaturated/α-hetero) is 2. The van der Waals surface area contributed by atoms with E-state index in [0.29, 0.717) is 106 Å². The molecule has 2 aliphatic heterocycles. The summed E-state index contributed by atoms with van der Waals surface area (Å²) in [6.07, 6.45) is 22.5. The molecule has 0 radical (unpaired) electrons. The topological polar surface area (TPSA) is 174 Å². The number of allylic oxidation sites excluding steroid dienone is 2. The third kappa shape index (κ3) is 13.7. The van der Waals surface area contributed by atoms with E-state index in [1.807, 2.05) is 0 Å². The zero-order valence-electron chi connectivity index (χ0n) is 36.4. The monoisotopic (exact) mass is 824 g/mol. The molecule has 15 atom stereocenters. The van der Waals surface area contributed by atoms with E-state index in [2.05, 4.69) is 34.6 Å². The highest BCUT2D eigenvalue weighted by molar-refractivity contribution is 5.84. The van der Waals surface area contributed by atoms with E-state index >= 15 is 0 Å². The molecule has 2 heterocycles. The number of nitrogens with two attached hydrogens (primary N) is 1. The van der Waals surface area contributed by atoms with Gasteiger partial charge in [0.2, 0.25) is 0 Å². The minimum absolute atomic E-state index is 0.00324. The summed E-state index contributed by atoms with van der Waals surface area (Å²) >= 11 is 0. The second kappa shape index (κ2) is 23.7. The SMILES string of the molecule is COC1CC2CCC(=O)C(C(O)CCCC(CCCO)C3CNC4CC(=O)CCC4C3)C#CC(CCC(O)CC(C=CC3CCCCC3)C3CCNC(N)C3)C2CC1O. The normalized spacial score (nSPS) is 36.9. The zero-order valence-corrected chi connectivity index (χ0v) is 36.4. The number of ether oxygens (including phenoxy) is 1. The van der Waals surface area contributed by atoms with Crippen molar-refractivity contribution in [2.24, 2.45) is 64.9 Å². The Morgan fingerprint density at radius 3 is 2.46 bits per heavy atom. The molecule has 0 bridgehead atoms. The summed E-state index contributed by atoms with van der Waals surface area (Å²) in [6, 6.07) is 0.296. The van der Waals surface area contributed by atoms with E-state index in [4.69, 9.17) is 10.5 Å². The van der Waals surface area contributed by atoms with Crippen molar-refractivity contribution in [1.82, 2.24) is 10.6 Å². The van der Waals surface area contributed by atoms with Crippen LogP contribution in [-0.4, -0.2) is 95.4 Å². The molecule has 6 rings (SSSR count). The largest absolute Gasteiger partial charge is 0.396 e. The summed E-state index contributed by atoms with van der Waals surface area (Å²) in [5.74, 6) is 9.38. The number of carbonyl (C=O) groups excluding carboxylic acids is 2. The number of nitrogens with one attached hydrogen (secondary N) is 2. The van der Waals surface area contributed by atoms with Crippen molar-refractivity contribution >= 4 is 11.6 Å². The lowest BCUT2D eigenvalue weighted by molar-refractivity contribution is -0.125. The lowest BCUT2D eigenvalue weighted by Gasteiger charge is -2.42. The molecule has 0 aromatic heterocycles. The van der Waals surface area contributed by atoms with Crippen molar-refractivity contribution in [2.45, 2.75) is 184 Å². The number of aliphatic hydroxyl groups is 4. The highest BCUT2D eigenvalue weighted by Crippen LogP contribution is 2.43. The maximum Gasteiger partial charge on any atom is 0.150 e. The number of rotatable bonds is 18. The van der Waals surface area contributed by atoms with Crippen molar-refractivity contribution in [1.29, 1.82) is 0 Å². The van der Waals surface area contributed by atoms with Gasteiger partial charge < -0.3 is 41.5 Å². The number of aliphatic hydroxyl groups excluding tert-OH is 4. The van der Waals surface area contributed by atoms with Gasteiger partial charge in [0.05, 0.1) is 30.6 Å². The Bertz CT molecular complexity index is 1390. The Kier molecular flexibility index (Phi) is 18.8. The Morgan fingerprint density at radius 1 is 0.881 bits per heavy atom. The minimum Gasteiger partial charge on any atom is -0.396 e. The molecule has 0 spiro atoms. The van der Waals surface area contributed by atoms with Gasteiger partial charge in [-0.05, 0) is 157 Å². The number of fused-ring (bicyclic) bond motifs is 2. The lowest BCUT2D eigenvalue weighted by Crippen LogP contribution is -2.50. The van der Waals surface area contributed by atoms with Gasteiger partial charge >= 0.3 is 0 Å². The Morgan fingerprint density at radius 2 is 1.68 bits per heavy atom. The van der Waals surface area contributed by atoms with Crippen molar-refractivity contribution in [3.05, 3.63) is 12.2 Å². The summed E-state index contributed by atoms with van der Waals surface area (Å²) in [7, 11) is 1.65. The molecule has 8 N–H and O–H groups in total. The number of methoxy groups -OCH3 is 1. The number of hydrogen-bond acceptors (Lipinski definition) is 10. The average molecular weight is 824 g/mol. The first-order valence-electron chi connectivity index (χ1n) is 24.3. The van der Waals surface area contributed by atoms with Gasteiger partial charge in [-0.1, -0.05) is 56.1 Å². The molecular weight excluding hydrogens is 743 g/mol. The van der Waals surface area contributed by atoms with Gasteiger partial charge in [-0.15, -0.1) is 0 Å². The molecule has 2 saturated heterocycles. The highest BCUT2D eigenvalue weighted by atomic mass is 16.5. The number of piperidine rings is 2. The molecule has 59 heavy (non-hydrogen) atoms. The van der Waals surface area contributed by atoms with Crippen LogP contribution in [0.15, 0.2) is 12.2 Å². The van der Waals surface area contributed by atoms with E-state index < -0.39 is 24.2 Å². The molecule has 0 amide bonds. The Balaban J connectivity index is 1.11. The van der Waals surface area contributed by atoms with Crippen LogP contribution in [0.1, 0.15) is 148 Å². The van der Waals surface area contributed by atoms with Crippen LogP contribution in [0.2, 0.25) is 0 Å². The number of ketones is 2. The molecule has 15 unspecified atom stereocenters. The molecule has 3 saturated carbocycles. The molecule has 0 aromatic rings. The second-order valence-electron chi connectivity index (χ2n) is 20.0. The fraction of sp³-hybridized carbons (Fsp3) is 0.878. The van der Waals surface area contributed by atoms with E-state index in [9.17, 15) is 30.0 Å². The van der Waals surface area contributed by atoms with Gasteiger partial charge in [-0.25, -0.2) is 0 Å². The van der Waals surface area contributed by atoms with Crippen LogP contribution in [-0.2, 0) is 14.3 Å². The molecular formula is C49H81N3O7. The van der Waals surface area contributed by atoms with Crippen LogP contribution in [0.4, 0.5) is 0 Å². The van der Waals surface area contributed by atoms with Crippen LogP contribution >= 0.6 is 0 Å². The van der Waals surface area contributed by atoms with Gasteiger partial charge in [0.25, 0.3) is 0 Å². The van der Waals surface area contributed by atoms with Gasteiger partial charge in [0.15, 0.2) is 0 Å². The first-order valence-corrected chi connectivity index (χ1v) is 24.3. The third-order valence-corrected chi connectivity index (χ3v) is 16.1. The number of hydrogen-bond donors (Lipinski definition) is 7. The second-order valence-corrected chi connectivity index (χ2v) is 20.0. The van der Waals surface area contributed by atoms with Crippen molar-refractivity contribution in [3.8, 4) is 11.8 Å². The molecule has 10 heteroatoms. The Hall–Kier alpha value is -1.68. The molecule has 10 nitrogen and oxygen atoms in total. The average Bonchev–Trinajstić information content (AvgIpc) is 3.30. The standard InChI is InChI=1S/C49H81N3O7/c1-59-48-27-37-17-21-46(57)42(45(56)11-5-9-33(10-6-24-53)39-25-38-15-19-41(55)29-44(38)52-31-39)20-16-34(43(37)30-47(48)58)14-18-40(54)26-35(36-22-23-51-49(50)28-36)13-12-32-7-3-2-4-8-32/h12-13,32-40,42-45,47-49,51-54,56,58H,2-11,14-15,17-19,21-31,50H2,1H3. The highest BCUT2D eigenvalue weighted by Gasteiger charge is 2.42. The van der Waals surface area contributed by atoms with E-state index in [1.165, 1.54) is 32.1 Å². The van der Waals surface area contributed by atoms with Crippen molar-refractivity contribution in [2.75, 3.05) is 26.8 Å². The van der Waals surface area contributed by atoms with Crippen molar-refractivity contribution < 1.29 is 34.8 Å². The van der Waals surface area contributed by atoms with E-state index in [1.54, 1.807) is 7.11 Å². The lowest BCUT2D eigenvalue weighted by atomic mass is 9.67. The van der Waals surface area contributed by atoms with Crippen LogP contribution in [0.25, 0.3) is 0 Å². The Labute approximate surface area is 356 Å². The first kappa shape index (κ1) is 46.8. The van der Waals surface area contributed by atoms with E-state index in [0.717, 1.165) is 64.5 Å². The fourth-order valence-corrected chi connectivity index (χ4v) is 12.5. The van der Waals surface area contributed by atoms with Crippen LogP contribution in [0.3, 0.4) is 0 Å². The molecule has 0 aromatic carbocycles. The summed E-state index contributed by atoms with van der Waals surface area (Å²) in [5, 5.41) is 51.3. The molecule has 6 aliphatic rings. The van der Waals surface area contributed by atoms with Crippen LogP contribution in [0, 0.1) is 71.0 Å². The summed E-state index contributed by atoms with van der Waals surface area (Å²) < 4.78 is 5.71. The van der Waals surface area contributed by atoms with Gasteiger partial charge in [-0.3, -0.25) is 9.59 Å². The van der Waals surface area contributed by atoms with Crippen LogP contribution in [0.5, 0.6) is 0 Å². The predicted molar refractivity (Wildman–Crippen MR) is 232 cm³/mol. The minimum atomic E-state index is -0.858. The summed E-state index contributed by atoms with van der Waals surface area (Å²) in [6.45, 7) is 1.96. The van der Waals surface area contributed by atoms with Gasteiger partial charge in [0.1, 0.15) is 17.5 Å². The van der Waals surface area contributed by atoms with E-state index in [-0.39, 0.29) is 48.3 Å². The quantitative estimate of drug-likeness (QED) is 0.0660. The number of carbonyl (C=O) groups is 2. The zero-order chi connectivity index (χ0) is 41.7. The van der Waals surface area contributed by atoms with Gasteiger partial charge in [-0.2, -0.15) is 0 Å².